The Morgan fingerprint density at radius 2 is 2.09 bits per heavy atom. The summed E-state index contributed by atoms with van der Waals surface area (Å²) in [6, 6.07) is 8.08. The Labute approximate surface area is 205 Å². The van der Waals surface area contributed by atoms with Crippen LogP contribution in [-0.4, -0.2) is 65.5 Å². The first-order chi connectivity index (χ1) is 16.9. The minimum Gasteiger partial charge on any atom is -0.375 e. The summed E-state index contributed by atoms with van der Waals surface area (Å²) in [5.74, 6) is 0.549. The molecule has 9 nitrogen and oxygen atoms in total. The minimum atomic E-state index is -0.665. The molecule has 0 spiro atoms. The highest BCUT2D eigenvalue weighted by Gasteiger charge is 2.25. The van der Waals surface area contributed by atoms with E-state index in [0.717, 1.165) is 50.8 Å². The molecule has 0 saturated carbocycles. The van der Waals surface area contributed by atoms with E-state index >= 15 is 0 Å². The molecule has 1 aliphatic heterocycles. The third kappa shape index (κ3) is 6.28. The molecule has 2 aliphatic rings. The second kappa shape index (κ2) is 11.2. The van der Waals surface area contributed by atoms with E-state index in [1.807, 2.05) is 36.0 Å². The number of nitrogens with zero attached hydrogens (tertiary/aromatic N) is 4. The van der Waals surface area contributed by atoms with Gasteiger partial charge in [-0.05, 0) is 81.8 Å². The number of carbonyl (C=O) groups is 2. The Kier molecular flexibility index (Phi) is 7.83. The maximum atomic E-state index is 12.5. The number of likely N-dealkylation sites (tertiary alicyclic amines) is 1. The van der Waals surface area contributed by atoms with Gasteiger partial charge in [-0.3, -0.25) is 15.1 Å². The topological polar surface area (TPSA) is 114 Å². The molecule has 1 fully saturated rings. The Bertz CT molecular complexity index is 1140. The van der Waals surface area contributed by atoms with E-state index in [0.29, 0.717) is 18.2 Å². The number of ether oxygens (including phenoxy) is 1. The van der Waals surface area contributed by atoms with E-state index in [9.17, 15) is 9.59 Å². The van der Waals surface area contributed by atoms with E-state index in [4.69, 9.17) is 10.00 Å². The lowest BCUT2D eigenvalue weighted by Gasteiger charge is -2.33. The monoisotopic (exact) mass is 476 g/mol. The average Bonchev–Trinajstić information content (AvgIpc) is 3.32. The van der Waals surface area contributed by atoms with Crippen molar-refractivity contribution >= 4 is 23.3 Å². The first kappa shape index (κ1) is 24.5. The molecule has 0 radical (unpaired) electrons. The third-order valence-electron chi connectivity index (χ3n) is 6.55. The van der Waals surface area contributed by atoms with Crippen molar-refractivity contribution in [3.05, 3.63) is 47.3 Å². The van der Waals surface area contributed by atoms with Gasteiger partial charge in [0.15, 0.2) is 0 Å². The van der Waals surface area contributed by atoms with Crippen LogP contribution in [0.3, 0.4) is 0 Å². The van der Waals surface area contributed by atoms with Gasteiger partial charge in [0.25, 0.3) is 0 Å². The van der Waals surface area contributed by atoms with Gasteiger partial charge < -0.3 is 14.5 Å². The molecule has 2 amide bonds. The molecular formula is C26H32N6O3. The molecule has 1 aromatic carbocycles. The van der Waals surface area contributed by atoms with Crippen LogP contribution in [0.15, 0.2) is 30.5 Å². The van der Waals surface area contributed by atoms with Crippen LogP contribution in [0.4, 0.5) is 10.5 Å². The molecule has 2 heterocycles. The summed E-state index contributed by atoms with van der Waals surface area (Å²) < 4.78 is 5.22. The first-order valence-corrected chi connectivity index (χ1v) is 12.1. The van der Waals surface area contributed by atoms with Crippen LogP contribution in [0.2, 0.25) is 0 Å². The number of rotatable bonds is 6. The number of aromatic nitrogens is 2. The van der Waals surface area contributed by atoms with E-state index in [-0.39, 0.29) is 17.6 Å². The van der Waals surface area contributed by atoms with Crippen LogP contribution in [0.1, 0.15) is 61.3 Å². The fourth-order valence-electron chi connectivity index (χ4n) is 4.74. The Hall–Kier alpha value is -3.64. The SMILES string of the molecule is CN(C)CC(=O)N1CCC(c2ccc(NC(=O)Oc3ncc(C#N)[nH]3)c(C3=CCCCC3)c2)CC1. The number of amides is 2. The maximum Gasteiger partial charge on any atom is 0.419 e. The molecule has 184 valence electrons. The number of hydrogen-bond acceptors (Lipinski definition) is 6. The number of carbonyl (C=O) groups excluding carboxylic acids is 2. The van der Waals surface area contributed by atoms with Gasteiger partial charge in [-0.1, -0.05) is 12.1 Å². The lowest BCUT2D eigenvalue weighted by molar-refractivity contribution is -0.132. The second-order valence-corrected chi connectivity index (χ2v) is 9.40. The second-order valence-electron chi connectivity index (χ2n) is 9.40. The molecule has 4 rings (SSSR count). The highest BCUT2D eigenvalue weighted by atomic mass is 16.6. The summed E-state index contributed by atoms with van der Waals surface area (Å²) >= 11 is 0. The smallest absolute Gasteiger partial charge is 0.375 e. The zero-order valence-electron chi connectivity index (χ0n) is 20.3. The molecule has 1 saturated heterocycles. The van der Waals surface area contributed by atoms with Crippen LogP contribution in [0, 0.1) is 11.3 Å². The predicted octanol–water partition coefficient (Wildman–Crippen LogP) is 4.12. The Morgan fingerprint density at radius 3 is 2.74 bits per heavy atom. The summed E-state index contributed by atoms with van der Waals surface area (Å²) in [5, 5.41) is 11.8. The van der Waals surface area contributed by atoms with E-state index in [1.54, 1.807) is 0 Å². The summed E-state index contributed by atoms with van der Waals surface area (Å²) in [4.78, 5) is 35.3. The maximum absolute atomic E-state index is 12.5. The van der Waals surface area contributed by atoms with Crippen LogP contribution >= 0.6 is 0 Å². The van der Waals surface area contributed by atoms with Gasteiger partial charge in [-0.15, -0.1) is 0 Å². The number of hydrogen-bond donors (Lipinski definition) is 2. The average molecular weight is 477 g/mol. The molecule has 2 N–H and O–H groups in total. The number of aromatic amines is 1. The van der Waals surface area contributed by atoms with Gasteiger partial charge >= 0.3 is 12.1 Å². The number of piperidine rings is 1. The number of anilines is 1. The van der Waals surface area contributed by atoms with Crippen LogP contribution in [-0.2, 0) is 4.79 Å². The van der Waals surface area contributed by atoms with E-state index < -0.39 is 6.09 Å². The third-order valence-corrected chi connectivity index (χ3v) is 6.55. The van der Waals surface area contributed by atoms with Crippen LogP contribution < -0.4 is 10.1 Å². The van der Waals surface area contributed by atoms with Crippen LogP contribution in [0.25, 0.3) is 5.57 Å². The standard InChI is InChI=1S/C26H32N6O3/c1-31(2)17-24(33)32-12-10-18(11-13-32)20-8-9-23(22(14-20)19-6-4-3-5-7-19)30-26(34)35-25-28-16-21(15-27)29-25/h6,8-9,14,16,18H,3-5,7,10-13,17H2,1-2H3,(H,28,29)(H,30,34). The molecule has 0 bridgehead atoms. The van der Waals surface area contributed by atoms with Gasteiger partial charge in [-0.2, -0.15) is 5.26 Å². The highest BCUT2D eigenvalue weighted by Crippen LogP contribution is 2.36. The quantitative estimate of drug-likeness (QED) is 0.648. The summed E-state index contributed by atoms with van der Waals surface area (Å²) in [5.41, 5.74) is 4.39. The van der Waals surface area contributed by atoms with E-state index in [1.165, 1.54) is 23.8 Å². The zero-order chi connectivity index (χ0) is 24.8. The largest absolute Gasteiger partial charge is 0.419 e. The van der Waals surface area contributed by atoms with Crippen molar-refractivity contribution in [2.75, 3.05) is 39.0 Å². The number of imidazole rings is 1. The number of benzene rings is 1. The Morgan fingerprint density at radius 1 is 1.29 bits per heavy atom. The van der Waals surface area contributed by atoms with Crippen molar-refractivity contribution in [2.45, 2.75) is 44.4 Å². The molecule has 0 atom stereocenters. The molecule has 35 heavy (non-hydrogen) atoms. The summed E-state index contributed by atoms with van der Waals surface area (Å²) in [6.45, 7) is 1.96. The van der Waals surface area contributed by atoms with Gasteiger partial charge in [0.1, 0.15) is 11.8 Å². The number of nitriles is 1. The minimum absolute atomic E-state index is 0.0234. The first-order valence-electron chi connectivity index (χ1n) is 12.1. The van der Waals surface area contributed by atoms with Gasteiger partial charge in [0, 0.05) is 18.7 Å². The normalized spacial score (nSPS) is 16.5. The molecule has 9 heteroatoms. The molecule has 1 aliphatic carbocycles. The number of H-pyrrole nitrogens is 1. The fraction of sp³-hybridized carbons (Fsp3) is 0.462. The van der Waals surface area contributed by atoms with Crippen LogP contribution in [0.5, 0.6) is 6.01 Å². The fourth-order valence-corrected chi connectivity index (χ4v) is 4.74. The van der Waals surface area contributed by atoms with E-state index in [2.05, 4.69) is 33.5 Å². The molecule has 2 aromatic rings. The summed E-state index contributed by atoms with van der Waals surface area (Å²) in [6.07, 6.45) is 9.04. The van der Waals surface area contributed by atoms with Crippen molar-refractivity contribution in [2.24, 2.45) is 0 Å². The molecular weight excluding hydrogens is 444 g/mol. The van der Waals surface area contributed by atoms with Crippen molar-refractivity contribution in [1.29, 1.82) is 5.26 Å². The lowest BCUT2D eigenvalue weighted by atomic mass is 9.85. The zero-order valence-corrected chi connectivity index (χ0v) is 20.3. The number of nitrogens with one attached hydrogen (secondary N) is 2. The molecule has 1 aromatic heterocycles. The Balaban J connectivity index is 1.48. The van der Waals surface area contributed by atoms with Crippen molar-refractivity contribution in [3.63, 3.8) is 0 Å². The van der Waals surface area contributed by atoms with Gasteiger partial charge in [0.2, 0.25) is 5.91 Å². The number of allylic oxidation sites excluding steroid dienone is 2. The van der Waals surface area contributed by atoms with Gasteiger partial charge in [0.05, 0.1) is 18.4 Å². The van der Waals surface area contributed by atoms with Crippen molar-refractivity contribution in [1.82, 2.24) is 19.8 Å². The summed E-state index contributed by atoms with van der Waals surface area (Å²) in [7, 11) is 3.82. The predicted molar refractivity (Wildman–Crippen MR) is 133 cm³/mol. The van der Waals surface area contributed by atoms with Crippen molar-refractivity contribution in [3.8, 4) is 12.1 Å². The van der Waals surface area contributed by atoms with Crippen molar-refractivity contribution < 1.29 is 14.3 Å². The lowest BCUT2D eigenvalue weighted by Crippen LogP contribution is -2.42. The highest BCUT2D eigenvalue weighted by molar-refractivity contribution is 5.91. The van der Waals surface area contributed by atoms with Gasteiger partial charge in [-0.25, -0.2) is 9.78 Å². The number of likely N-dealkylation sites (N-methyl/N-ethyl adjacent to an activating group) is 1. The molecule has 0 unspecified atom stereocenters.